The molecule has 0 radical (unpaired) electrons. The summed E-state index contributed by atoms with van der Waals surface area (Å²) in [7, 11) is 0. The number of thiophene rings is 1. The van der Waals surface area contributed by atoms with E-state index in [1.54, 1.807) is 11.3 Å². The minimum atomic E-state index is -0.298. The zero-order valence-corrected chi connectivity index (χ0v) is 14.8. The average Bonchev–Trinajstić information content (AvgIpc) is 3.09. The Morgan fingerprint density at radius 3 is 2.86 bits per heavy atom. The molecule has 0 spiro atoms. The summed E-state index contributed by atoms with van der Waals surface area (Å²) in [6.45, 7) is 7.89. The van der Waals surface area contributed by atoms with Crippen molar-refractivity contribution in [3.63, 3.8) is 0 Å². The van der Waals surface area contributed by atoms with Crippen molar-refractivity contribution in [1.29, 1.82) is 0 Å². The zero-order chi connectivity index (χ0) is 16.3. The van der Waals surface area contributed by atoms with E-state index in [9.17, 15) is 4.79 Å². The third-order valence-corrected chi connectivity index (χ3v) is 5.33. The fourth-order valence-electron chi connectivity index (χ4n) is 1.67. The molecule has 2 rings (SSSR count). The van der Waals surface area contributed by atoms with E-state index in [1.807, 2.05) is 45.2 Å². The van der Waals surface area contributed by atoms with Crippen LogP contribution in [0.15, 0.2) is 22.7 Å². The molecule has 120 valence electrons. The largest absolute Gasteiger partial charge is 0.350 e. The summed E-state index contributed by atoms with van der Waals surface area (Å²) >= 11 is 2.85. The average molecular weight is 339 g/mol. The Morgan fingerprint density at radius 1 is 1.55 bits per heavy atom. The summed E-state index contributed by atoms with van der Waals surface area (Å²) < 4.78 is 1.44. The second-order valence-corrected chi connectivity index (χ2v) is 7.90. The molecule has 3 N–H and O–H groups in total. The molecule has 1 atom stereocenters. The quantitative estimate of drug-likeness (QED) is 0.624. The molecule has 0 fully saturated rings. The van der Waals surface area contributed by atoms with Gasteiger partial charge in [-0.15, -0.1) is 21.5 Å². The Morgan fingerprint density at radius 2 is 2.27 bits per heavy atom. The summed E-state index contributed by atoms with van der Waals surface area (Å²) in [5.74, 6) is 6.62. The third kappa shape index (κ3) is 3.80. The number of carbonyl (C=O) groups is 1. The van der Waals surface area contributed by atoms with Crippen molar-refractivity contribution < 1.29 is 4.79 Å². The maximum Gasteiger partial charge on any atom is 0.233 e. The van der Waals surface area contributed by atoms with Gasteiger partial charge in [-0.3, -0.25) is 4.79 Å². The number of nitrogens with two attached hydrogens (primary N) is 1. The molecule has 6 nitrogen and oxygen atoms in total. The fourth-order valence-corrected chi connectivity index (χ4v) is 3.14. The van der Waals surface area contributed by atoms with E-state index in [-0.39, 0.29) is 16.7 Å². The van der Waals surface area contributed by atoms with Crippen LogP contribution in [-0.4, -0.2) is 31.6 Å². The van der Waals surface area contributed by atoms with Crippen LogP contribution in [0.4, 0.5) is 0 Å². The van der Waals surface area contributed by atoms with Crippen LogP contribution in [0.2, 0.25) is 0 Å². The number of nitrogen functional groups attached to an aromatic ring is 1. The van der Waals surface area contributed by atoms with Crippen molar-refractivity contribution in [3.05, 3.63) is 17.5 Å². The van der Waals surface area contributed by atoms with Gasteiger partial charge in [0.15, 0.2) is 5.82 Å². The molecule has 0 saturated carbocycles. The number of nitrogens with one attached hydrogen (secondary N) is 1. The normalized spacial score (nSPS) is 13.1. The lowest BCUT2D eigenvalue weighted by atomic mass is 10.0. The zero-order valence-electron chi connectivity index (χ0n) is 13.2. The first kappa shape index (κ1) is 16.8. The van der Waals surface area contributed by atoms with Crippen molar-refractivity contribution in [2.45, 2.75) is 50.1 Å². The van der Waals surface area contributed by atoms with E-state index in [0.717, 1.165) is 11.3 Å². The summed E-state index contributed by atoms with van der Waals surface area (Å²) in [6, 6.07) is 3.87. The number of thioether (sulfide) groups is 1. The number of aromatic nitrogens is 3. The van der Waals surface area contributed by atoms with Gasteiger partial charge in [0, 0.05) is 5.54 Å². The van der Waals surface area contributed by atoms with Crippen molar-refractivity contribution in [3.8, 4) is 10.7 Å². The van der Waals surface area contributed by atoms with Crippen LogP contribution >= 0.6 is 23.1 Å². The Balaban J connectivity index is 2.06. The van der Waals surface area contributed by atoms with Crippen molar-refractivity contribution in [1.82, 2.24) is 20.2 Å². The van der Waals surface area contributed by atoms with E-state index >= 15 is 0 Å². The van der Waals surface area contributed by atoms with E-state index in [4.69, 9.17) is 5.84 Å². The molecule has 0 aromatic carbocycles. The highest BCUT2D eigenvalue weighted by molar-refractivity contribution is 8.00. The molecule has 2 aromatic rings. The van der Waals surface area contributed by atoms with Crippen LogP contribution in [-0.2, 0) is 4.79 Å². The topological polar surface area (TPSA) is 85.8 Å². The fraction of sp³-hybridized carbons (Fsp3) is 0.500. The van der Waals surface area contributed by atoms with Gasteiger partial charge in [0.2, 0.25) is 11.1 Å². The van der Waals surface area contributed by atoms with Crippen LogP contribution in [0.5, 0.6) is 0 Å². The van der Waals surface area contributed by atoms with E-state index in [1.165, 1.54) is 16.4 Å². The Labute approximate surface area is 138 Å². The predicted molar refractivity (Wildman–Crippen MR) is 91.3 cm³/mol. The van der Waals surface area contributed by atoms with E-state index in [2.05, 4.69) is 15.5 Å². The molecule has 2 heterocycles. The van der Waals surface area contributed by atoms with Crippen LogP contribution in [0.25, 0.3) is 10.7 Å². The molecule has 0 aliphatic carbocycles. The highest BCUT2D eigenvalue weighted by Crippen LogP contribution is 2.27. The molecule has 1 unspecified atom stereocenters. The number of nitrogens with zero attached hydrogens (tertiary/aromatic N) is 3. The lowest BCUT2D eigenvalue weighted by Crippen LogP contribution is -2.46. The lowest BCUT2D eigenvalue weighted by Gasteiger charge is -2.26. The van der Waals surface area contributed by atoms with Gasteiger partial charge in [-0.2, -0.15) is 0 Å². The minimum absolute atomic E-state index is 0.0301. The molecule has 8 heteroatoms. The third-order valence-electron chi connectivity index (χ3n) is 3.40. The highest BCUT2D eigenvalue weighted by atomic mass is 32.2. The maximum absolute atomic E-state index is 12.2. The van der Waals surface area contributed by atoms with Crippen molar-refractivity contribution in [2.24, 2.45) is 0 Å². The number of hydrogen-bond donors (Lipinski definition) is 2. The summed E-state index contributed by atoms with van der Waals surface area (Å²) in [5.41, 5.74) is -0.218. The Kier molecular flexibility index (Phi) is 5.12. The molecule has 0 aliphatic heterocycles. The standard InChI is InChI=1S/C14H21N5OS2/c1-5-14(3,4)16-12(20)9(2)22-13-18-17-11(19(13)15)10-7-6-8-21-10/h6-9H,5,15H2,1-4H3,(H,16,20). The maximum atomic E-state index is 12.2. The van der Waals surface area contributed by atoms with E-state index in [0.29, 0.717) is 11.0 Å². The highest BCUT2D eigenvalue weighted by Gasteiger charge is 2.24. The first-order valence-electron chi connectivity index (χ1n) is 7.07. The van der Waals surface area contributed by atoms with Gasteiger partial charge in [0.25, 0.3) is 0 Å². The molecule has 22 heavy (non-hydrogen) atoms. The van der Waals surface area contributed by atoms with Gasteiger partial charge >= 0.3 is 0 Å². The number of carbonyl (C=O) groups excluding carboxylic acids is 1. The molecule has 0 saturated heterocycles. The van der Waals surface area contributed by atoms with Gasteiger partial charge in [0.05, 0.1) is 10.1 Å². The van der Waals surface area contributed by atoms with Gasteiger partial charge in [-0.05, 0) is 38.6 Å². The van der Waals surface area contributed by atoms with Crippen LogP contribution < -0.4 is 11.2 Å². The molecule has 2 aromatic heterocycles. The molecule has 1 amide bonds. The second-order valence-electron chi connectivity index (χ2n) is 5.64. The summed E-state index contributed by atoms with van der Waals surface area (Å²) in [4.78, 5) is 13.2. The first-order valence-corrected chi connectivity index (χ1v) is 8.83. The van der Waals surface area contributed by atoms with Gasteiger partial charge in [-0.1, -0.05) is 24.8 Å². The molecule has 0 bridgehead atoms. The molecular weight excluding hydrogens is 318 g/mol. The molecular formula is C14H21N5OS2. The Bertz CT molecular complexity index is 636. The Hall–Kier alpha value is -1.54. The smallest absolute Gasteiger partial charge is 0.233 e. The number of amides is 1. The first-order chi connectivity index (χ1) is 10.3. The summed E-state index contributed by atoms with van der Waals surface area (Å²) in [6.07, 6.45) is 0.867. The monoisotopic (exact) mass is 339 g/mol. The van der Waals surface area contributed by atoms with Crippen molar-refractivity contribution >= 4 is 29.0 Å². The van der Waals surface area contributed by atoms with Gasteiger partial charge in [0.1, 0.15) is 0 Å². The number of rotatable bonds is 6. The van der Waals surface area contributed by atoms with Crippen LogP contribution in [0.3, 0.4) is 0 Å². The van der Waals surface area contributed by atoms with E-state index < -0.39 is 0 Å². The van der Waals surface area contributed by atoms with Crippen LogP contribution in [0, 0.1) is 0 Å². The molecule has 0 aliphatic rings. The van der Waals surface area contributed by atoms with Crippen molar-refractivity contribution in [2.75, 3.05) is 5.84 Å². The van der Waals surface area contributed by atoms with Crippen LogP contribution in [0.1, 0.15) is 34.1 Å². The SMILES string of the molecule is CCC(C)(C)NC(=O)C(C)Sc1nnc(-c2cccs2)n1N. The van der Waals surface area contributed by atoms with Gasteiger partial charge in [-0.25, -0.2) is 4.68 Å². The summed E-state index contributed by atoms with van der Waals surface area (Å²) in [5, 5.41) is 13.4. The lowest BCUT2D eigenvalue weighted by molar-refractivity contribution is -0.121. The second kappa shape index (κ2) is 6.70. The van der Waals surface area contributed by atoms with Gasteiger partial charge < -0.3 is 11.2 Å². The predicted octanol–water partition coefficient (Wildman–Crippen LogP) is 2.51. The minimum Gasteiger partial charge on any atom is -0.350 e. The number of hydrogen-bond acceptors (Lipinski definition) is 6.